The zero-order valence-corrected chi connectivity index (χ0v) is 15.8. The van der Waals surface area contributed by atoms with Crippen LogP contribution in [0.15, 0.2) is 33.3 Å². The van der Waals surface area contributed by atoms with Crippen LogP contribution in [-0.4, -0.2) is 28.5 Å². The van der Waals surface area contributed by atoms with Crippen LogP contribution in [0, 0.1) is 12.8 Å². The molecule has 0 bridgehead atoms. The second kappa shape index (κ2) is 6.59. The normalized spacial score (nSPS) is 17.8. The lowest BCUT2D eigenvalue weighted by Gasteiger charge is -2.24. The molecule has 7 nitrogen and oxygen atoms in total. The lowest BCUT2D eigenvalue weighted by molar-refractivity contribution is -0.133. The Labute approximate surface area is 153 Å². The molecule has 2 aromatic rings. The minimum absolute atomic E-state index is 0.204. The number of amides is 2. The topological polar surface area (TPSA) is 88.3 Å². The van der Waals surface area contributed by atoms with Gasteiger partial charge in [0, 0.05) is 17.9 Å². The van der Waals surface area contributed by atoms with E-state index in [9.17, 15) is 9.59 Å². The van der Waals surface area contributed by atoms with E-state index >= 15 is 0 Å². The Balaban J connectivity index is 1.73. The van der Waals surface area contributed by atoms with E-state index < -0.39 is 11.5 Å². The van der Waals surface area contributed by atoms with Crippen molar-refractivity contribution in [3.05, 3.63) is 40.5 Å². The number of nitrogens with one attached hydrogen (secondary N) is 1. The van der Waals surface area contributed by atoms with Gasteiger partial charge in [0.25, 0.3) is 0 Å². The predicted molar refractivity (Wildman–Crippen MR) is 94.8 cm³/mol. The Morgan fingerprint density at radius 2 is 2.12 bits per heavy atom. The smallest absolute Gasteiger partial charge is 0.239 e. The molecule has 2 heterocycles. The van der Waals surface area contributed by atoms with Crippen molar-refractivity contribution in [1.29, 1.82) is 0 Å². The molecule has 1 aliphatic rings. The number of carbonyl (C=O) groups is 2. The Morgan fingerprint density at radius 1 is 1.40 bits per heavy atom. The van der Waals surface area contributed by atoms with Crippen molar-refractivity contribution in [2.75, 3.05) is 11.4 Å². The fraction of sp³-hybridized carbons (Fsp3) is 0.412. The van der Waals surface area contributed by atoms with Gasteiger partial charge in [0.1, 0.15) is 5.92 Å². The van der Waals surface area contributed by atoms with Crippen molar-refractivity contribution in [2.45, 2.75) is 32.7 Å². The SMILES string of the molecule is Cc1nc(C(C)(C)NC(=O)C2CCN(c3ccccc3Br)C2=O)no1. The Morgan fingerprint density at radius 3 is 2.76 bits per heavy atom. The summed E-state index contributed by atoms with van der Waals surface area (Å²) in [6, 6.07) is 7.47. The lowest BCUT2D eigenvalue weighted by Crippen LogP contribution is -2.46. The molecule has 0 aliphatic carbocycles. The first kappa shape index (κ1) is 17.6. The first-order valence-electron chi connectivity index (χ1n) is 7.98. The van der Waals surface area contributed by atoms with Crippen LogP contribution >= 0.6 is 15.9 Å². The minimum Gasteiger partial charge on any atom is -0.343 e. The number of anilines is 1. The third kappa shape index (κ3) is 3.44. The maximum absolute atomic E-state index is 12.7. The van der Waals surface area contributed by atoms with Crippen LogP contribution in [0.1, 0.15) is 32.0 Å². The summed E-state index contributed by atoms with van der Waals surface area (Å²) in [4.78, 5) is 31.2. The van der Waals surface area contributed by atoms with Gasteiger partial charge in [-0.15, -0.1) is 0 Å². The third-order valence-corrected chi connectivity index (χ3v) is 4.86. The average Bonchev–Trinajstić information content (AvgIpc) is 3.14. The van der Waals surface area contributed by atoms with E-state index in [0.717, 1.165) is 10.2 Å². The summed E-state index contributed by atoms with van der Waals surface area (Å²) < 4.78 is 5.80. The van der Waals surface area contributed by atoms with Crippen molar-refractivity contribution in [3.63, 3.8) is 0 Å². The van der Waals surface area contributed by atoms with E-state index in [2.05, 4.69) is 31.4 Å². The van der Waals surface area contributed by atoms with Crippen molar-refractivity contribution in [1.82, 2.24) is 15.5 Å². The molecule has 3 rings (SSSR count). The first-order valence-corrected chi connectivity index (χ1v) is 8.77. The summed E-state index contributed by atoms with van der Waals surface area (Å²) in [5.41, 5.74) is -0.0496. The molecule has 1 N–H and O–H groups in total. The monoisotopic (exact) mass is 406 g/mol. The molecular formula is C17H19BrN4O3. The van der Waals surface area contributed by atoms with Crippen molar-refractivity contribution in [3.8, 4) is 0 Å². The molecule has 0 radical (unpaired) electrons. The van der Waals surface area contributed by atoms with Crippen LogP contribution in [0.3, 0.4) is 0 Å². The van der Waals surface area contributed by atoms with Gasteiger partial charge < -0.3 is 14.7 Å². The number of hydrogen-bond acceptors (Lipinski definition) is 5. The molecule has 1 aromatic carbocycles. The van der Waals surface area contributed by atoms with E-state index in [1.807, 2.05) is 24.3 Å². The first-order chi connectivity index (χ1) is 11.8. The highest BCUT2D eigenvalue weighted by Gasteiger charge is 2.40. The highest BCUT2D eigenvalue weighted by molar-refractivity contribution is 9.10. The number of halogens is 1. The highest BCUT2D eigenvalue weighted by atomic mass is 79.9. The van der Waals surface area contributed by atoms with Crippen molar-refractivity contribution < 1.29 is 14.1 Å². The third-order valence-electron chi connectivity index (χ3n) is 4.19. The van der Waals surface area contributed by atoms with E-state index in [1.54, 1.807) is 25.7 Å². The van der Waals surface area contributed by atoms with Gasteiger partial charge in [-0.1, -0.05) is 17.3 Å². The fourth-order valence-corrected chi connectivity index (χ4v) is 3.34. The summed E-state index contributed by atoms with van der Waals surface area (Å²) in [6.07, 6.45) is 0.466. The van der Waals surface area contributed by atoms with Crippen LogP contribution in [0.25, 0.3) is 0 Å². The average molecular weight is 407 g/mol. The number of para-hydroxylation sites is 1. The molecular weight excluding hydrogens is 388 g/mol. The molecule has 1 aliphatic heterocycles. The number of carbonyl (C=O) groups excluding carboxylic acids is 2. The summed E-state index contributed by atoms with van der Waals surface area (Å²) in [5.74, 6) is -0.447. The fourth-order valence-electron chi connectivity index (χ4n) is 2.84. The van der Waals surface area contributed by atoms with Crippen LogP contribution in [-0.2, 0) is 15.1 Å². The Bertz CT molecular complexity index is 818. The number of aromatic nitrogens is 2. The molecule has 1 atom stereocenters. The zero-order chi connectivity index (χ0) is 18.2. The number of benzene rings is 1. The van der Waals surface area contributed by atoms with Gasteiger partial charge in [-0.25, -0.2) is 0 Å². The van der Waals surface area contributed by atoms with Crippen LogP contribution < -0.4 is 10.2 Å². The van der Waals surface area contributed by atoms with Crippen LogP contribution in [0.2, 0.25) is 0 Å². The van der Waals surface area contributed by atoms with Gasteiger partial charge >= 0.3 is 0 Å². The molecule has 0 spiro atoms. The van der Waals surface area contributed by atoms with Gasteiger partial charge in [0.05, 0.1) is 11.2 Å². The van der Waals surface area contributed by atoms with E-state index in [1.165, 1.54) is 0 Å². The second-order valence-corrected chi connectivity index (χ2v) is 7.39. The largest absolute Gasteiger partial charge is 0.343 e. The van der Waals surface area contributed by atoms with Crippen LogP contribution in [0.5, 0.6) is 0 Å². The summed E-state index contributed by atoms with van der Waals surface area (Å²) in [5, 5.41) is 6.72. The van der Waals surface area contributed by atoms with Gasteiger partial charge in [-0.2, -0.15) is 4.98 Å². The van der Waals surface area contributed by atoms with Crippen LogP contribution in [0.4, 0.5) is 5.69 Å². The zero-order valence-electron chi connectivity index (χ0n) is 14.2. The van der Waals surface area contributed by atoms with E-state index in [-0.39, 0.29) is 11.8 Å². The molecule has 1 saturated heterocycles. The van der Waals surface area contributed by atoms with Gasteiger partial charge in [-0.3, -0.25) is 9.59 Å². The molecule has 2 amide bonds. The number of nitrogens with zero attached hydrogens (tertiary/aromatic N) is 3. The second-order valence-electron chi connectivity index (χ2n) is 6.53. The summed E-state index contributed by atoms with van der Waals surface area (Å²) in [7, 11) is 0. The minimum atomic E-state index is -0.824. The Hall–Kier alpha value is -2.22. The molecule has 25 heavy (non-hydrogen) atoms. The molecule has 1 aromatic heterocycles. The molecule has 8 heteroatoms. The van der Waals surface area contributed by atoms with E-state index in [0.29, 0.717) is 24.7 Å². The molecule has 1 fully saturated rings. The van der Waals surface area contributed by atoms with Crippen molar-refractivity contribution >= 4 is 33.4 Å². The lowest BCUT2D eigenvalue weighted by atomic mass is 10.0. The number of aryl methyl sites for hydroxylation is 1. The number of hydrogen-bond donors (Lipinski definition) is 1. The van der Waals surface area contributed by atoms with Gasteiger partial charge in [0.15, 0.2) is 5.82 Å². The standard InChI is InChI=1S/C17H19BrN4O3/c1-10-19-16(21-25-10)17(2,3)20-14(23)11-8-9-22(15(11)24)13-7-5-4-6-12(13)18/h4-7,11H,8-9H2,1-3H3,(H,20,23). The molecule has 132 valence electrons. The predicted octanol–water partition coefficient (Wildman–Crippen LogP) is 2.54. The van der Waals surface area contributed by atoms with Gasteiger partial charge in [0.2, 0.25) is 17.7 Å². The molecule has 1 unspecified atom stereocenters. The molecule has 0 saturated carbocycles. The maximum Gasteiger partial charge on any atom is 0.239 e. The number of rotatable bonds is 4. The van der Waals surface area contributed by atoms with Gasteiger partial charge in [-0.05, 0) is 48.3 Å². The Kier molecular flexibility index (Phi) is 4.64. The van der Waals surface area contributed by atoms with E-state index in [4.69, 9.17) is 4.52 Å². The maximum atomic E-state index is 12.7. The summed E-state index contributed by atoms with van der Waals surface area (Å²) >= 11 is 3.45. The summed E-state index contributed by atoms with van der Waals surface area (Å²) in [6.45, 7) is 5.74. The van der Waals surface area contributed by atoms with Crippen molar-refractivity contribution in [2.24, 2.45) is 5.92 Å². The highest BCUT2D eigenvalue weighted by Crippen LogP contribution is 2.32. The quantitative estimate of drug-likeness (QED) is 0.788.